The lowest BCUT2D eigenvalue weighted by Crippen LogP contribution is -2.31. The third-order valence-electron chi connectivity index (χ3n) is 5.70. The van der Waals surface area contributed by atoms with Crippen LogP contribution in [0.3, 0.4) is 0 Å². The maximum Gasteiger partial charge on any atom is 0.222 e. The van der Waals surface area contributed by atoms with Gasteiger partial charge in [0.15, 0.2) is 0 Å². The number of carbonyl (C=O) groups excluding carboxylic acids is 1. The van der Waals surface area contributed by atoms with Crippen LogP contribution in [0.25, 0.3) is 11.1 Å². The fourth-order valence-electron chi connectivity index (χ4n) is 3.70. The van der Waals surface area contributed by atoms with Crippen molar-refractivity contribution in [3.8, 4) is 11.1 Å². The highest BCUT2D eigenvalue weighted by Gasteiger charge is 2.20. The van der Waals surface area contributed by atoms with Crippen molar-refractivity contribution in [1.29, 1.82) is 0 Å². The van der Waals surface area contributed by atoms with Gasteiger partial charge in [-0.15, -0.1) is 12.4 Å². The molecule has 27 heavy (non-hydrogen) atoms. The number of piperidine rings is 1. The summed E-state index contributed by atoms with van der Waals surface area (Å²) in [6.07, 6.45) is 4.08. The summed E-state index contributed by atoms with van der Waals surface area (Å²) in [6.45, 7) is 4.30. The van der Waals surface area contributed by atoms with Crippen molar-refractivity contribution in [3.63, 3.8) is 0 Å². The lowest BCUT2D eigenvalue weighted by molar-refractivity contribution is -0.132. The van der Waals surface area contributed by atoms with Gasteiger partial charge in [-0.05, 0) is 61.9 Å². The van der Waals surface area contributed by atoms with Gasteiger partial charge in [-0.2, -0.15) is 0 Å². The minimum atomic E-state index is 0. The summed E-state index contributed by atoms with van der Waals surface area (Å²) in [5, 5.41) is 3.39. The van der Waals surface area contributed by atoms with Gasteiger partial charge >= 0.3 is 0 Å². The van der Waals surface area contributed by atoms with Gasteiger partial charge in [0.25, 0.3) is 0 Å². The Morgan fingerprint density at radius 2 is 1.63 bits per heavy atom. The zero-order valence-corrected chi connectivity index (χ0v) is 17.2. The molecule has 0 bridgehead atoms. The van der Waals surface area contributed by atoms with E-state index in [4.69, 9.17) is 0 Å². The van der Waals surface area contributed by atoms with E-state index in [1.165, 1.54) is 29.5 Å². The fraction of sp³-hybridized carbons (Fsp3) is 0.435. The molecule has 146 valence electrons. The number of hydrogen-bond donors (Lipinski definition) is 1. The molecule has 1 aliphatic heterocycles. The van der Waals surface area contributed by atoms with Crippen molar-refractivity contribution < 1.29 is 4.79 Å². The highest BCUT2D eigenvalue weighted by Crippen LogP contribution is 2.25. The lowest BCUT2D eigenvalue weighted by atomic mass is 9.93. The number of halogens is 1. The molecular weight excluding hydrogens is 356 g/mol. The summed E-state index contributed by atoms with van der Waals surface area (Å²) in [5.41, 5.74) is 3.61. The van der Waals surface area contributed by atoms with Crippen molar-refractivity contribution in [2.75, 3.05) is 20.1 Å². The summed E-state index contributed by atoms with van der Waals surface area (Å²) in [5.74, 6) is 0.956. The summed E-state index contributed by atoms with van der Waals surface area (Å²) in [7, 11) is 1.93. The topological polar surface area (TPSA) is 32.3 Å². The Morgan fingerprint density at radius 1 is 1.04 bits per heavy atom. The van der Waals surface area contributed by atoms with Crippen molar-refractivity contribution in [3.05, 3.63) is 60.2 Å². The molecule has 0 spiro atoms. The van der Waals surface area contributed by atoms with Crippen molar-refractivity contribution in [1.82, 2.24) is 10.2 Å². The SMILES string of the molecule is CC(c1ccc(-c2ccccc2)cc1)N(C)C(=O)CCC1CCNCC1.Cl. The lowest BCUT2D eigenvalue weighted by Gasteiger charge is -2.27. The van der Waals surface area contributed by atoms with Gasteiger partial charge in [-0.3, -0.25) is 4.79 Å². The molecule has 2 aromatic carbocycles. The Bertz CT molecular complexity index is 696. The van der Waals surface area contributed by atoms with Crippen molar-refractivity contribution >= 4 is 18.3 Å². The standard InChI is InChI=1S/C23H30N2O.ClH/c1-18(25(2)23(26)13-8-19-14-16-24-17-15-19)20-9-11-22(12-10-20)21-6-4-3-5-7-21;/h3-7,9-12,18-19,24H,8,13-17H2,1-2H3;1H. The van der Waals surface area contributed by atoms with Gasteiger partial charge < -0.3 is 10.2 Å². The van der Waals surface area contributed by atoms with E-state index in [1.807, 2.05) is 18.0 Å². The molecule has 0 aliphatic carbocycles. The van der Waals surface area contributed by atoms with E-state index in [1.54, 1.807) is 0 Å². The zero-order chi connectivity index (χ0) is 18.4. The van der Waals surface area contributed by atoms with Gasteiger partial charge in [0.2, 0.25) is 5.91 Å². The molecule has 1 unspecified atom stereocenters. The van der Waals surface area contributed by atoms with Crippen LogP contribution < -0.4 is 5.32 Å². The first kappa shape index (κ1) is 21.5. The van der Waals surface area contributed by atoms with Crippen LogP contribution in [-0.2, 0) is 4.79 Å². The first-order chi connectivity index (χ1) is 12.6. The predicted molar refractivity (Wildman–Crippen MR) is 115 cm³/mol. The second kappa shape index (κ2) is 10.5. The number of benzene rings is 2. The second-order valence-electron chi connectivity index (χ2n) is 7.40. The molecule has 1 heterocycles. The van der Waals surface area contributed by atoms with Crippen molar-refractivity contribution in [2.45, 2.75) is 38.6 Å². The minimum Gasteiger partial charge on any atom is -0.339 e. The first-order valence-electron chi connectivity index (χ1n) is 9.77. The molecule has 1 aliphatic rings. The van der Waals surface area contributed by atoms with Crippen LogP contribution in [0.1, 0.15) is 44.2 Å². The molecule has 1 amide bonds. The number of hydrogen-bond acceptors (Lipinski definition) is 2. The van der Waals surface area contributed by atoms with Gasteiger partial charge in [0, 0.05) is 13.5 Å². The molecule has 0 aromatic heterocycles. The average Bonchev–Trinajstić information content (AvgIpc) is 2.72. The Morgan fingerprint density at radius 3 is 2.26 bits per heavy atom. The molecule has 2 aromatic rings. The number of nitrogens with one attached hydrogen (secondary N) is 1. The summed E-state index contributed by atoms with van der Waals surface area (Å²) in [4.78, 5) is 14.5. The Kier molecular flexibility index (Phi) is 8.33. The van der Waals surface area contributed by atoms with Crippen LogP contribution in [0.2, 0.25) is 0 Å². The van der Waals surface area contributed by atoms with Gasteiger partial charge in [0.1, 0.15) is 0 Å². The number of nitrogens with zero attached hydrogens (tertiary/aromatic N) is 1. The monoisotopic (exact) mass is 386 g/mol. The van der Waals surface area contributed by atoms with Gasteiger partial charge in [0.05, 0.1) is 6.04 Å². The normalized spacial score (nSPS) is 15.6. The number of carbonyl (C=O) groups is 1. The average molecular weight is 387 g/mol. The highest BCUT2D eigenvalue weighted by molar-refractivity contribution is 5.85. The minimum absolute atomic E-state index is 0. The third-order valence-corrected chi connectivity index (χ3v) is 5.70. The Balaban J connectivity index is 0.00000261. The van der Waals surface area contributed by atoms with Crippen LogP contribution in [0.15, 0.2) is 54.6 Å². The van der Waals surface area contributed by atoms with E-state index < -0.39 is 0 Å². The van der Waals surface area contributed by atoms with E-state index in [0.717, 1.165) is 19.5 Å². The third kappa shape index (κ3) is 5.82. The Hall–Kier alpha value is -1.84. The van der Waals surface area contributed by atoms with Gasteiger partial charge in [-0.25, -0.2) is 0 Å². The molecule has 3 rings (SSSR count). The second-order valence-corrected chi connectivity index (χ2v) is 7.40. The Labute approximate surface area is 169 Å². The van der Waals surface area contributed by atoms with E-state index in [0.29, 0.717) is 12.3 Å². The summed E-state index contributed by atoms with van der Waals surface area (Å²) in [6, 6.07) is 19.1. The van der Waals surface area contributed by atoms with Crippen LogP contribution in [0, 0.1) is 5.92 Å². The molecule has 1 N–H and O–H groups in total. The van der Waals surface area contributed by atoms with E-state index in [-0.39, 0.29) is 24.4 Å². The summed E-state index contributed by atoms with van der Waals surface area (Å²) >= 11 is 0. The number of amides is 1. The van der Waals surface area contributed by atoms with Crippen molar-refractivity contribution in [2.24, 2.45) is 5.92 Å². The quantitative estimate of drug-likeness (QED) is 0.751. The predicted octanol–water partition coefficient (Wildman–Crippen LogP) is 5.07. The molecule has 4 heteroatoms. The summed E-state index contributed by atoms with van der Waals surface area (Å²) < 4.78 is 0. The molecule has 0 saturated carbocycles. The molecule has 1 saturated heterocycles. The molecule has 3 nitrogen and oxygen atoms in total. The molecule has 1 fully saturated rings. The molecule has 1 atom stereocenters. The van der Waals surface area contributed by atoms with Gasteiger partial charge in [-0.1, -0.05) is 54.6 Å². The van der Waals surface area contributed by atoms with E-state index >= 15 is 0 Å². The molecular formula is C23H31ClN2O. The smallest absolute Gasteiger partial charge is 0.222 e. The first-order valence-corrected chi connectivity index (χ1v) is 9.77. The number of rotatable bonds is 6. The van der Waals surface area contributed by atoms with Crippen LogP contribution >= 0.6 is 12.4 Å². The molecule has 0 radical (unpaired) electrons. The fourth-order valence-corrected chi connectivity index (χ4v) is 3.70. The van der Waals surface area contributed by atoms with E-state index in [2.05, 4.69) is 60.8 Å². The van der Waals surface area contributed by atoms with Crippen LogP contribution in [-0.4, -0.2) is 30.9 Å². The largest absolute Gasteiger partial charge is 0.339 e. The zero-order valence-electron chi connectivity index (χ0n) is 16.4. The maximum absolute atomic E-state index is 12.6. The highest BCUT2D eigenvalue weighted by atomic mass is 35.5. The van der Waals surface area contributed by atoms with Crippen LogP contribution in [0.4, 0.5) is 0 Å². The van der Waals surface area contributed by atoms with Crippen LogP contribution in [0.5, 0.6) is 0 Å². The maximum atomic E-state index is 12.6. The van der Waals surface area contributed by atoms with E-state index in [9.17, 15) is 4.79 Å².